The number of Topliss-reactive ketones (excluding diaryl/α,β-unsaturated/α-hetero) is 1. The van der Waals surface area contributed by atoms with Crippen LogP contribution in [0.15, 0.2) is 125 Å². The molecular formula is C32H26N4O4S. The summed E-state index contributed by atoms with van der Waals surface area (Å²) in [5, 5.41) is 12.8. The van der Waals surface area contributed by atoms with Crippen LogP contribution in [0.4, 0.5) is 5.69 Å². The Balaban J connectivity index is 1.62. The number of hydrogen-bond acceptors (Lipinski definition) is 6. The van der Waals surface area contributed by atoms with Crippen molar-refractivity contribution in [2.45, 2.75) is 23.8 Å². The number of nitriles is 1. The van der Waals surface area contributed by atoms with Crippen molar-refractivity contribution in [1.29, 1.82) is 5.26 Å². The molecule has 1 aliphatic rings. The van der Waals surface area contributed by atoms with Gasteiger partial charge in [-0.1, -0.05) is 84.9 Å². The van der Waals surface area contributed by atoms with Crippen molar-refractivity contribution in [2.75, 3.05) is 5.32 Å². The zero-order chi connectivity index (χ0) is 29.1. The maximum atomic E-state index is 14.1. The minimum atomic E-state index is -4.40. The second-order valence-electron chi connectivity index (χ2n) is 9.56. The highest BCUT2D eigenvalue weighted by atomic mass is 32.2. The van der Waals surface area contributed by atoms with E-state index < -0.39 is 27.8 Å². The number of nitrogens with zero attached hydrogens (tertiary/aromatic N) is 2. The summed E-state index contributed by atoms with van der Waals surface area (Å²) in [6.07, 6.45) is 0. The summed E-state index contributed by atoms with van der Waals surface area (Å²) in [4.78, 5) is 25.3. The Kier molecular flexibility index (Phi) is 7.42. The first-order valence-corrected chi connectivity index (χ1v) is 14.2. The van der Waals surface area contributed by atoms with Crippen molar-refractivity contribution in [2.24, 2.45) is 5.73 Å². The van der Waals surface area contributed by atoms with Gasteiger partial charge in [-0.05, 0) is 41.0 Å². The van der Waals surface area contributed by atoms with Crippen molar-refractivity contribution in [1.82, 2.24) is 4.31 Å². The smallest absolute Gasteiger partial charge is 0.266 e. The maximum Gasteiger partial charge on any atom is 0.266 e. The highest BCUT2D eigenvalue weighted by molar-refractivity contribution is 7.89. The van der Waals surface area contributed by atoms with Gasteiger partial charge < -0.3 is 11.1 Å². The molecule has 3 N–H and O–H groups in total. The first kappa shape index (κ1) is 27.4. The first-order valence-electron chi connectivity index (χ1n) is 12.8. The molecule has 0 saturated carbocycles. The SMILES string of the molecule is CC(=O)Nc1ccc(S(=O)(=O)N2C(N)=C(C#N)C(c3ccc(-c4ccccc4)cc3)C2C(=O)c2ccccc2)cc1. The molecule has 2 unspecified atom stereocenters. The summed E-state index contributed by atoms with van der Waals surface area (Å²) in [5.74, 6) is -2.04. The molecule has 1 aliphatic heterocycles. The Morgan fingerprint density at radius 1 is 0.829 bits per heavy atom. The largest absolute Gasteiger partial charge is 0.384 e. The van der Waals surface area contributed by atoms with Crippen LogP contribution in [0.5, 0.6) is 0 Å². The van der Waals surface area contributed by atoms with E-state index in [0.717, 1.165) is 15.4 Å². The lowest BCUT2D eigenvalue weighted by atomic mass is 9.84. The van der Waals surface area contributed by atoms with E-state index in [4.69, 9.17) is 5.73 Å². The average Bonchev–Trinajstić information content (AvgIpc) is 3.30. The van der Waals surface area contributed by atoms with Gasteiger partial charge in [0, 0.05) is 18.2 Å². The van der Waals surface area contributed by atoms with E-state index in [9.17, 15) is 23.3 Å². The zero-order valence-corrected chi connectivity index (χ0v) is 22.9. The molecule has 8 nitrogen and oxygen atoms in total. The normalized spacial score (nSPS) is 16.7. The number of benzene rings is 4. The maximum absolute atomic E-state index is 14.1. The lowest BCUT2D eigenvalue weighted by Gasteiger charge is -2.29. The summed E-state index contributed by atoms with van der Waals surface area (Å²) < 4.78 is 29.0. The minimum Gasteiger partial charge on any atom is -0.384 e. The number of sulfonamides is 1. The molecule has 4 aromatic carbocycles. The molecule has 1 amide bonds. The van der Waals surface area contributed by atoms with Gasteiger partial charge in [-0.2, -0.15) is 5.26 Å². The van der Waals surface area contributed by atoms with E-state index in [1.165, 1.54) is 31.2 Å². The lowest BCUT2D eigenvalue weighted by Crippen LogP contribution is -2.45. The number of carbonyl (C=O) groups is 2. The van der Waals surface area contributed by atoms with Crippen molar-refractivity contribution in [3.8, 4) is 17.2 Å². The van der Waals surface area contributed by atoms with Crippen LogP contribution in [0, 0.1) is 11.3 Å². The van der Waals surface area contributed by atoms with Crippen molar-refractivity contribution in [3.05, 3.63) is 132 Å². The number of hydrogen-bond donors (Lipinski definition) is 2. The molecule has 41 heavy (non-hydrogen) atoms. The Labute approximate surface area is 238 Å². The van der Waals surface area contributed by atoms with Gasteiger partial charge >= 0.3 is 0 Å². The third kappa shape index (κ3) is 5.21. The second-order valence-corrected chi connectivity index (χ2v) is 11.4. The molecular weight excluding hydrogens is 536 g/mol. The van der Waals surface area contributed by atoms with Crippen LogP contribution in [-0.2, 0) is 14.8 Å². The van der Waals surface area contributed by atoms with Crippen molar-refractivity contribution >= 4 is 27.4 Å². The number of nitrogens with two attached hydrogens (primary N) is 1. The number of rotatable bonds is 7. The Morgan fingerprint density at radius 3 is 1.95 bits per heavy atom. The fourth-order valence-corrected chi connectivity index (χ4v) is 6.63. The van der Waals surface area contributed by atoms with Crippen LogP contribution >= 0.6 is 0 Å². The van der Waals surface area contributed by atoms with Gasteiger partial charge in [0.05, 0.1) is 22.5 Å². The van der Waals surface area contributed by atoms with E-state index in [2.05, 4.69) is 11.4 Å². The quantitative estimate of drug-likeness (QED) is 0.303. The summed E-state index contributed by atoms with van der Waals surface area (Å²) >= 11 is 0. The molecule has 2 atom stereocenters. The Bertz CT molecular complexity index is 1780. The van der Waals surface area contributed by atoms with Crippen molar-refractivity contribution in [3.63, 3.8) is 0 Å². The van der Waals surface area contributed by atoms with Crippen LogP contribution in [0.25, 0.3) is 11.1 Å². The van der Waals surface area contributed by atoms with Gasteiger partial charge in [0.15, 0.2) is 5.78 Å². The number of nitrogens with one attached hydrogen (secondary N) is 1. The highest BCUT2D eigenvalue weighted by Crippen LogP contribution is 2.44. The van der Waals surface area contributed by atoms with Crippen LogP contribution in [-0.4, -0.2) is 30.5 Å². The molecule has 9 heteroatoms. The molecule has 4 aromatic rings. The zero-order valence-electron chi connectivity index (χ0n) is 22.1. The molecule has 204 valence electrons. The van der Waals surface area contributed by atoms with Gasteiger partial charge in [-0.25, -0.2) is 12.7 Å². The molecule has 0 spiro atoms. The van der Waals surface area contributed by atoms with E-state index >= 15 is 0 Å². The van der Waals surface area contributed by atoms with Crippen LogP contribution in [0.2, 0.25) is 0 Å². The molecule has 0 fully saturated rings. The van der Waals surface area contributed by atoms with Gasteiger partial charge in [-0.15, -0.1) is 0 Å². The Morgan fingerprint density at radius 2 is 1.39 bits per heavy atom. The number of amides is 1. The minimum absolute atomic E-state index is 0.00909. The lowest BCUT2D eigenvalue weighted by molar-refractivity contribution is -0.114. The molecule has 0 aromatic heterocycles. The number of carbonyl (C=O) groups excluding carboxylic acids is 2. The van der Waals surface area contributed by atoms with E-state index in [0.29, 0.717) is 11.3 Å². The predicted molar refractivity (Wildman–Crippen MR) is 156 cm³/mol. The molecule has 0 radical (unpaired) electrons. The Hall–Kier alpha value is -5.20. The molecule has 0 aliphatic carbocycles. The van der Waals surface area contributed by atoms with Crippen LogP contribution in [0.1, 0.15) is 28.8 Å². The van der Waals surface area contributed by atoms with E-state index in [-0.39, 0.29) is 27.8 Å². The summed E-state index contributed by atoms with van der Waals surface area (Å²) in [6.45, 7) is 1.34. The monoisotopic (exact) mass is 562 g/mol. The fourth-order valence-electron chi connectivity index (χ4n) is 5.05. The fraction of sp³-hybridized carbons (Fsp3) is 0.0938. The van der Waals surface area contributed by atoms with Gasteiger partial charge in [-0.3, -0.25) is 9.59 Å². The highest BCUT2D eigenvalue weighted by Gasteiger charge is 2.50. The van der Waals surface area contributed by atoms with Crippen LogP contribution < -0.4 is 11.1 Å². The van der Waals surface area contributed by atoms with Crippen LogP contribution in [0.3, 0.4) is 0 Å². The van der Waals surface area contributed by atoms with Gasteiger partial charge in [0.25, 0.3) is 10.0 Å². The van der Waals surface area contributed by atoms with E-state index in [1.54, 1.807) is 42.5 Å². The second kappa shape index (κ2) is 11.1. The number of anilines is 1. The summed E-state index contributed by atoms with van der Waals surface area (Å²) in [7, 11) is -4.40. The number of ketones is 1. The van der Waals surface area contributed by atoms with Gasteiger partial charge in [0.2, 0.25) is 5.91 Å². The third-order valence-corrected chi connectivity index (χ3v) is 8.76. The molecule has 5 rings (SSSR count). The third-order valence-electron chi connectivity index (χ3n) is 6.95. The van der Waals surface area contributed by atoms with Crippen molar-refractivity contribution < 1.29 is 18.0 Å². The average molecular weight is 563 g/mol. The predicted octanol–water partition coefficient (Wildman–Crippen LogP) is 5.05. The molecule has 0 bridgehead atoms. The topological polar surface area (TPSA) is 133 Å². The molecule has 0 saturated heterocycles. The first-order chi connectivity index (χ1) is 19.7. The van der Waals surface area contributed by atoms with E-state index in [1.807, 2.05) is 42.5 Å². The standard InChI is InChI=1S/C32H26N4O4S/c1-21(37)35-26-16-18-27(19-17-26)41(39,40)36-30(31(38)25-10-6-3-7-11-25)29(28(20-33)32(36)34)24-14-12-23(13-15-24)22-8-4-2-5-9-22/h2-19,29-30H,34H2,1H3,(H,35,37). The van der Waals surface area contributed by atoms with Gasteiger partial charge in [0.1, 0.15) is 11.9 Å². The molecule has 1 heterocycles. The summed E-state index contributed by atoms with van der Waals surface area (Å²) in [5.41, 5.74) is 9.59. The summed E-state index contributed by atoms with van der Waals surface area (Å²) in [6, 6.07) is 31.7.